The fraction of sp³-hybridized carbons (Fsp3) is 0.556. The lowest BCUT2D eigenvalue weighted by molar-refractivity contribution is -0.141. The zero-order valence-corrected chi connectivity index (χ0v) is 14.2. The Kier molecular flexibility index (Phi) is 4.49. The lowest BCUT2D eigenvalue weighted by atomic mass is 9.77. The van der Waals surface area contributed by atoms with Crippen molar-refractivity contribution in [3.8, 4) is 5.75 Å². The molecule has 3 rings (SSSR count). The number of nitrogens with zero attached hydrogens (tertiary/aromatic N) is 1. The van der Waals surface area contributed by atoms with E-state index in [9.17, 15) is 14.7 Å². The van der Waals surface area contributed by atoms with Gasteiger partial charge in [0.2, 0.25) is 0 Å². The first kappa shape index (κ1) is 16.8. The third-order valence-corrected chi connectivity index (χ3v) is 5.37. The molecule has 130 valence electrons. The smallest absolute Gasteiger partial charge is 0.326 e. The molecule has 6 heteroatoms. The van der Waals surface area contributed by atoms with E-state index in [4.69, 9.17) is 4.74 Å². The first-order valence-electron chi connectivity index (χ1n) is 8.35. The van der Waals surface area contributed by atoms with Crippen molar-refractivity contribution in [1.29, 1.82) is 0 Å². The summed E-state index contributed by atoms with van der Waals surface area (Å²) in [6.07, 6.45) is 2.37. The first-order chi connectivity index (χ1) is 11.5. The molecular weight excluding hydrogens is 308 g/mol. The van der Waals surface area contributed by atoms with Gasteiger partial charge in [-0.25, -0.2) is 4.79 Å². The number of amides is 1. The van der Waals surface area contributed by atoms with Crippen LogP contribution in [0.3, 0.4) is 0 Å². The molecule has 1 aromatic rings. The van der Waals surface area contributed by atoms with E-state index < -0.39 is 12.0 Å². The molecule has 2 N–H and O–H groups in total. The van der Waals surface area contributed by atoms with Crippen molar-refractivity contribution in [2.45, 2.75) is 32.2 Å². The van der Waals surface area contributed by atoms with E-state index >= 15 is 0 Å². The number of carbonyl (C=O) groups excluding carboxylic acids is 1. The van der Waals surface area contributed by atoms with Crippen LogP contribution in [-0.2, 0) is 4.79 Å². The number of nitrogens with one attached hydrogen (secondary N) is 1. The maximum absolute atomic E-state index is 13.0. The molecule has 1 spiro atoms. The number of hydrogen-bond donors (Lipinski definition) is 2. The molecule has 24 heavy (non-hydrogen) atoms. The molecule has 6 nitrogen and oxygen atoms in total. The van der Waals surface area contributed by atoms with E-state index in [1.54, 1.807) is 19.2 Å². The van der Waals surface area contributed by atoms with Gasteiger partial charge in [0.05, 0.1) is 7.11 Å². The molecule has 0 unspecified atom stereocenters. The molecule has 1 atom stereocenters. The van der Waals surface area contributed by atoms with Crippen LogP contribution in [0.5, 0.6) is 5.75 Å². The van der Waals surface area contributed by atoms with Crippen LogP contribution >= 0.6 is 0 Å². The Hall–Kier alpha value is -2.08. The molecule has 1 amide bonds. The largest absolute Gasteiger partial charge is 0.496 e. The highest BCUT2D eigenvalue weighted by atomic mass is 16.5. The number of ether oxygens (including phenoxy) is 1. The fourth-order valence-electron chi connectivity index (χ4n) is 3.93. The summed E-state index contributed by atoms with van der Waals surface area (Å²) in [5.74, 6) is -0.502. The molecule has 2 fully saturated rings. The number of hydrogen-bond acceptors (Lipinski definition) is 4. The van der Waals surface area contributed by atoms with Gasteiger partial charge in [0, 0.05) is 12.1 Å². The van der Waals surface area contributed by atoms with E-state index in [-0.39, 0.29) is 11.3 Å². The zero-order chi connectivity index (χ0) is 17.3. The molecule has 2 saturated heterocycles. The van der Waals surface area contributed by atoms with Crippen LogP contribution in [0.15, 0.2) is 18.2 Å². The number of aliphatic carboxylic acids is 1. The molecule has 1 aromatic carbocycles. The first-order valence-corrected chi connectivity index (χ1v) is 8.35. The second-order valence-corrected chi connectivity index (χ2v) is 6.93. The maximum atomic E-state index is 13.0. The van der Waals surface area contributed by atoms with Crippen LogP contribution in [0.4, 0.5) is 0 Å². The van der Waals surface area contributed by atoms with Gasteiger partial charge in [0.15, 0.2) is 0 Å². The monoisotopic (exact) mass is 332 g/mol. The fourth-order valence-corrected chi connectivity index (χ4v) is 3.93. The van der Waals surface area contributed by atoms with E-state index in [0.29, 0.717) is 24.3 Å². The average molecular weight is 332 g/mol. The minimum absolute atomic E-state index is 0.0707. The van der Waals surface area contributed by atoms with E-state index in [1.165, 1.54) is 4.90 Å². The van der Waals surface area contributed by atoms with Gasteiger partial charge < -0.3 is 20.1 Å². The molecule has 2 heterocycles. The van der Waals surface area contributed by atoms with Crippen LogP contribution in [0.25, 0.3) is 0 Å². The van der Waals surface area contributed by atoms with Crippen molar-refractivity contribution >= 4 is 11.9 Å². The molecule has 2 aliphatic rings. The van der Waals surface area contributed by atoms with Gasteiger partial charge in [0.1, 0.15) is 11.8 Å². The second-order valence-electron chi connectivity index (χ2n) is 6.93. The summed E-state index contributed by atoms with van der Waals surface area (Å²) >= 11 is 0. The molecule has 2 aliphatic heterocycles. The highest BCUT2D eigenvalue weighted by Gasteiger charge is 2.49. The van der Waals surface area contributed by atoms with Crippen molar-refractivity contribution in [2.24, 2.45) is 5.41 Å². The summed E-state index contributed by atoms with van der Waals surface area (Å²) in [4.78, 5) is 26.2. The quantitative estimate of drug-likeness (QED) is 0.880. The van der Waals surface area contributed by atoms with Crippen LogP contribution in [0, 0.1) is 12.3 Å². The molecule has 0 aromatic heterocycles. The summed E-state index contributed by atoms with van der Waals surface area (Å²) < 4.78 is 5.29. The van der Waals surface area contributed by atoms with Gasteiger partial charge in [-0.2, -0.15) is 0 Å². The van der Waals surface area contributed by atoms with Crippen molar-refractivity contribution in [3.63, 3.8) is 0 Å². The maximum Gasteiger partial charge on any atom is 0.326 e. The number of piperidine rings is 1. The number of carboxylic acid groups (broad SMARTS) is 1. The number of carboxylic acids is 1. The van der Waals surface area contributed by atoms with Gasteiger partial charge in [-0.05, 0) is 62.4 Å². The molecule has 0 aliphatic carbocycles. The summed E-state index contributed by atoms with van der Waals surface area (Å²) in [7, 11) is 1.57. The summed E-state index contributed by atoms with van der Waals surface area (Å²) in [6, 6.07) is 4.53. The topological polar surface area (TPSA) is 78.9 Å². The average Bonchev–Trinajstić information content (AvgIpc) is 2.94. The second kappa shape index (κ2) is 6.43. The Balaban J connectivity index is 1.88. The Morgan fingerprint density at radius 2 is 2.04 bits per heavy atom. The Morgan fingerprint density at radius 1 is 1.33 bits per heavy atom. The van der Waals surface area contributed by atoms with E-state index in [2.05, 4.69) is 5.32 Å². The summed E-state index contributed by atoms with van der Waals surface area (Å²) in [6.45, 7) is 4.19. The van der Waals surface area contributed by atoms with Crippen molar-refractivity contribution in [2.75, 3.05) is 26.7 Å². The number of carbonyl (C=O) groups is 2. The van der Waals surface area contributed by atoms with E-state index in [1.807, 2.05) is 13.0 Å². The lowest BCUT2D eigenvalue weighted by Gasteiger charge is -2.33. The highest BCUT2D eigenvalue weighted by molar-refractivity contribution is 5.97. The normalized spacial score (nSPS) is 22.6. The number of rotatable bonds is 3. The number of benzene rings is 1. The summed E-state index contributed by atoms with van der Waals surface area (Å²) in [5.41, 5.74) is 1.36. The van der Waals surface area contributed by atoms with Crippen molar-refractivity contribution in [1.82, 2.24) is 10.2 Å². The third-order valence-electron chi connectivity index (χ3n) is 5.37. The third kappa shape index (κ3) is 2.98. The zero-order valence-electron chi connectivity index (χ0n) is 14.2. The van der Waals surface area contributed by atoms with Crippen LogP contribution in [0.1, 0.15) is 35.2 Å². The van der Waals surface area contributed by atoms with Crippen molar-refractivity contribution < 1.29 is 19.4 Å². The van der Waals surface area contributed by atoms with E-state index in [0.717, 1.165) is 31.5 Å². The predicted molar refractivity (Wildman–Crippen MR) is 89.3 cm³/mol. The molecule has 0 radical (unpaired) electrons. The highest BCUT2D eigenvalue weighted by Crippen LogP contribution is 2.42. The van der Waals surface area contributed by atoms with Gasteiger partial charge in [0.25, 0.3) is 5.91 Å². The Bertz CT molecular complexity index is 652. The summed E-state index contributed by atoms with van der Waals surface area (Å²) in [5, 5.41) is 12.9. The van der Waals surface area contributed by atoms with Crippen molar-refractivity contribution in [3.05, 3.63) is 29.3 Å². The van der Waals surface area contributed by atoms with Gasteiger partial charge in [-0.15, -0.1) is 0 Å². The standard InChI is InChI=1S/C18H24N2O4/c1-12-3-4-13(9-15(12)24-2)16(21)20-11-18(5-7-19-8-6-18)10-14(20)17(22)23/h3-4,9,14,19H,5-8,10-11H2,1-2H3,(H,22,23)/t14-/m1/s1. The molecule has 0 bridgehead atoms. The Labute approximate surface area is 141 Å². The predicted octanol–water partition coefficient (Wildman–Crippen LogP) is 1.67. The number of aryl methyl sites for hydroxylation is 1. The van der Waals surface area contributed by atoms with Gasteiger partial charge in [-0.3, -0.25) is 4.79 Å². The van der Waals surface area contributed by atoms with Gasteiger partial charge >= 0.3 is 5.97 Å². The molecular formula is C18H24N2O4. The Morgan fingerprint density at radius 3 is 2.67 bits per heavy atom. The number of likely N-dealkylation sites (tertiary alicyclic amines) is 1. The SMILES string of the molecule is COc1cc(C(=O)N2CC3(CCNCC3)C[C@@H]2C(=O)O)ccc1C. The molecule has 0 saturated carbocycles. The van der Waals surface area contributed by atoms with Crippen LogP contribution in [-0.4, -0.2) is 54.7 Å². The van der Waals surface area contributed by atoms with Gasteiger partial charge in [-0.1, -0.05) is 6.07 Å². The van der Waals surface area contributed by atoms with Crippen LogP contribution in [0.2, 0.25) is 0 Å². The minimum atomic E-state index is -0.919. The number of methoxy groups -OCH3 is 1. The van der Waals surface area contributed by atoms with Crippen LogP contribution < -0.4 is 10.1 Å². The lowest BCUT2D eigenvalue weighted by Crippen LogP contribution is -2.42. The minimum Gasteiger partial charge on any atom is -0.496 e.